The van der Waals surface area contributed by atoms with Crippen molar-refractivity contribution < 1.29 is 9.59 Å². The Bertz CT molecular complexity index is 341. The van der Waals surface area contributed by atoms with Crippen molar-refractivity contribution in [1.29, 1.82) is 0 Å². The van der Waals surface area contributed by atoms with Gasteiger partial charge in [0.2, 0.25) is 5.91 Å². The summed E-state index contributed by atoms with van der Waals surface area (Å²) in [5, 5.41) is 0. The lowest BCUT2D eigenvalue weighted by Gasteiger charge is -2.40. The van der Waals surface area contributed by atoms with Gasteiger partial charge in [0.25, 0.3) is 0 Å². The molecule has 0 saturated carbocycles. The second-order valence-electron chi connectivity index (χ2n) is 5.88. The van der Waals surface area contributed by atoms with E-state index in [0.717, 1.165) is 12.8 Å². The van der Waals surface area contributed by atoms with Gasteiger partial charge in [0.15, 0.2) is 5.78 Å². The molecule has 0 N–H and O–H groups in total. The second-order valence-corrected chi connectivity index (χ2v) is 5.88. The summed E-state index contributed by atoms with van der Waals surface area (Å²) < 4.78 is 0. The zero-order chi connectivity index (χ0) is 13.3. The smallest absolute Gasteiger partial charge is 0.220 e. The first-order valence-electron chi connectivity index (χ1n) is 6.20. The predicted octanol–water partition coefficient (Wildman–Crippen LogP) is 2.56. The van der Waals surface area contributed by atoms with Crippen LogP contribution in [0, 0.1) is 5.41 Å². The van der Waals surface area contributed by atoms with Crippen molar-refractivity contribution in [2.24, 2.45) is 5.41 Å². The highest BCUT2D eigenvalue weighted by Crippen LogP contribution is 2.39. The van der Waals surface area contributed by atoms with Crippen LogP contribution in [0.4, 0.5) is 0 Å². The summed E-state index contributed by atoms with van der Waals surface area (Å²) in [5.74, 6) is 0.138. The molecule has 1 amide bonds. The van der Waals surface area contributed by atoms with E-state index in [2.05, 4.69) is 6.58 Å². The fourth-order valence-electron chi connectivity index (χ4n) is 2.82. The van der Waals surface area contributed by atoms with Crippen LogP contribution in [0.2, 0.25) is 0 Å². The van der Waals surface area contributed by atoms with Crippen LogP contribution in [0.15, 0.2) is 12.7 Å². The van der Waals surface area contributed by atoms with Gasteiger partial charge >= 0.3 is 0 Å². The van der Waals surface area contributed by atoms with E-state index in [1.54, 1.807) is 17.9 Å². The maximum absolute atomic E-state index is 12.7. The second kappa shape index (κ2) is 4.63. The Morgan fingerprint density at radius 3 is 2.41 bits per heavy atom. The summed E-state index contributed by atoms with van der Waals surface area (Å²) in [7, 11) is 0. The number of rotatable bonds is 3. The molecule has 96 valence electrons. The topological polar surface area (TPSA) is 37.4 Å². The Hall–Kier alpha value is -1.12. The van der Waals surface area contributed by atoms with Crippen molar-refractivity contribution in [3.63, 3.8) is 0 Å². The largest absolute Gasteiger partial charge is 0.330 e. The number of nitrogens with zero attached hydrogens (tertiary/aromatic N) is 1. The number of ketones is 1. The molecular weight excluding hydrogens is 214 g/mol. The minimum Gasteiger partial charge on any atom is -0.330 e. The van der Waals surface area contributed by atoms with E-state index < -0.39 is 11.0 Å². The van der Waals surface area contributed by atoms with Gasteiger partial charge < -0.3 is 4.90 Å². The summed E-state index contributed by atoms with van der Waals surface area (Å²) in [6.45, 7) is 11.7. The first-order valence-corrected chi connectivity index (χ1v) is 6.20. The van der Waals surface area contributed by atoms with Crippen molar-refractivity contribution in [3.05, 3.63) is 12.7 Å². The molecule has 1 aliphatic heterocycles. The molecular formula is C14H23NO2. The van der Waals surface area contributed by atoms with E-state index >= 15 is 0 Å². The Kier molecular flexibility index (Phi) is 3.80. The van der Waals surface area contributed by atoms with Gasteiger partial charge in [-0.2, -0.15) is 0 Å². The fraction of sp³-hybridized carbons (Fsp3) is 0.714. The number of amides is 1. The number of likely N-dealkylation sites (tertiary alicyclic amines) is 1. The number of carbonyl (C=O) groups is 2. The molecule has 3 nitrogen and oxygen atoms in total. The first kappa shape index (κ1) is 13.9. The molecule has 0 aromatic carbocycles. The Morgan fingerprint density at radius 2 is 2.00 bits per heavy atom. The van der Waals surface area contributed by atoms with Crippen molar-refractivity contribution in [1.82, 2.24) is 4.90 Å². The number of Topliss-reactive ketones (excluding diaryl/α,β-unsaturated/α-hetero) is 1. The van der Waals surface area contributed by atoms with Crippen LogP contribution < -0.4 is 0 Å². The normalized spacial score (nSPS) is 24.8. The van der Waals surface area contributed by atoms with Crippen LogP contribution >= 0.6 is 0 Å². The van der Waals surface area contributed by atoms with Crippen LogP contribution in [0.25, 0.3) is 0 Å². The summed E-state index contributed by atoms with van der Waals surface area (Å²) in [4.78, 5) is 26.1. The Balaban J connectivity index is 3.17. The number of hydrogen-bond acceptors (Lipinski definition) is 2. The maximum Gasteiger partial charge on any atom is 0.220 e. The average molecular weight is 237 g/mol. The minimum absolute atomic E-state index is 0.0121. The highest BCUT2D eigenvalue weighted by Gasteiger charge is 2.50. The molecule has 3 heteroatoms. The molecule has 0 radical (unpaired) electrons. The van der Waals surface area contributed by atoms with E-state index in [-0.39, 0.29) is 11.7 Å². The molecule has 17 heavy (non-hydrogen) atoms. The fourth-order valence-corrected chi connectivity index (χ4v) is 2.82. The minimum atomic E-state index is -0.647. The SMILES string of the molecule is C=CC[C@]1(C(=O)C(C)(C)C)CCCN1C(C)=O. The molecule has 0 aliphatic carbocycles. The van der Waals surface area contributed by atoms with Crippen molar-refractivity contribution >= 4 is 11.7 Å². The first-order chi connectivity index (χ1) is 7.75. The molecule has 1 atom stereocenters. The molecule has 0 unspecified atom stereocenters. The van der Waals surface area contributed by atoms with E-state index in [0.29, 0.717) is 13.0 Å². The predicted molar refractivity (Wildman–Crippen MR) is 68.6 cm³/mol. The molecule has 1 fully saturated rings. The van der Waals surface area contributed by atoms with Gasteiger partial charge in [-0.15, -0.1) is 6.58 Å². The summed E-state index contributed by atoms with van der Waals surface area (Å²) in [5.41, 5.74) is -1.08. The number of carbonyl (C=O) groups excluding carboxylic acids is 2. The van der Waals surface area contributed by atoms with Gasteiger partial charge in [-0.3, -0.25) is 9.59 Å². The van der Waals surface area contributed by atoms with Crippen LogP contribution in [0.3, 0.4) is 0 Å². The molecule has 0 aromatic heterocycles. The van der Waals surface area contributed by atoms with Crippen molar-refractivity contribution in [2.75, 3.05) is 6.54 Å². The monoisotopic (exact) mass is 237 g/mol. The molecule has 1 aliphatic rings. The van der Waals surface area contributed by atoms with Crippen LogP contribution in [-0.2, 0) is 9.59 Å². The van der Waals surface area contributed by atoms with Crippen LogP contribution in [0.1, 0.15) is 47.0 Å². The zero-order valence-corrected chi connectivity index (χ0v) is 11.4. The molecule has 0 bridgehead atoms. The van der Waals surface area contributed by atoms with Gasteiger partial charge in [0, 0.05) is 18.9 Å². The van der Waals surface area contributed by atoms with Gasteiger partial charge in [-0.1, -0.05) is 26.8 Å². The quantitative estimate of drug-likeness (QED) is 0.707. The van der Waals surface area contributed by atoms with Gasteiger partial charge in [-0.05, 0) is 19.3 Å². The van der Waals surface area contributed by atoms with E-state index in [4.69, 9.17) is 0 Å². The van der Waals surface area contributed by atoms with Crippen LogP contribution in [-0.4, -0.2) is 28.7 Å². The van der Waals surface area contributed by atoms with Crippen molar-refractivity contribution in [2.45, 2.75) is 52.5 Å². The zero-order valence-electron chi connectivity index (χ0n) is 11.4. The molecule has 1 rings (SSSR count). The Morgan fingerprint density at radius 1 is 1.41 bits per heavy atom. The average Bonchev–Trinajstić information content (AvgIpc) is 2.60. The molecule has 1 saturated heterocycles. The van der Waals surface area contributed by atoms with E-state index in [1.165, 1.54) is 0 Å². The summed E-state index contributed by atoms with van der Waals surface area (Å²) >= 11 is 0. The highest BCUT2D eigenvalue weighted by atomic mass is 16.2. The maximum atomic E-state index is 12.7. The summed E-state index contributed by atoms with van der Waals surface area (Å²) in [6.07, 6.45) is 3.97. The third kappa shape index (κ3) is 2.43. The third-order valence-electron chi connectivity index (χ3n) is 3.45. The lowest BCUT2D eigenvalue weighted by Crippen LogP contribution is -2.55. The summed E-state index contributed by atoms with van der Waals surface area (Å²) in [6, 6.07) is 0. The third-order valence-corrected chi connectivity index (χ3v) is 3.45. The standard InChI is InChI=1S/C14H23NO2/c1-6-8-14(12(17)13(3,4)5)9-7-10-15(14)11(2)16/h6H,1,7-10H2,2-5H3/t14-/m1/s1. The highest BCUT2D eigenvalue weighted by molar-refractivity contribution is 5.96. The Labute approximate surface area is 104 Å². The molecule has 1 heterocycles. The van der Waals surface area contributed by atoms with Gasteiger partial charge in [-0.25, -0.2) is 0 Å². The van der Waals surface area contributed by atoms with Gasteiger partial charge in [0.05, 0.1) is 0 Å². The molecule has 0 aromatic rings. The van der Waals surface area contributed by atoms with Crippen LogP contribution in [0.5, 0.6) is 0 Å². The van der Waals surface area contributed by atoms with Crippen molar-refractivity contribution in [3.8, 4) is 0 Å². The van der Waals surface area contributed by atoms with E-state index in [1.807, 2.05) is 20.8 Å². The van der Waals surface area contributed by atoms with Gasteiger partial charge in [0.1, 0.15) is 5.54 Å². The lowest BCUT2D eigenvalue weighted by molar-refractivity contribution is -0.146. The lowest BCUT2D eigenvalue weighted by atomic mass is 9.75. The molecule has 0 spiro atoms. The number of hydrogen-bond donors (Lipinski definition) is 0. The van der Waals surface area contributed by atoms with E-state index in [9.17, 15) is 9.59 Å².